The zero-order chi connectivity index (χ0) is 19.4. The van der Waals surface area contributed by atoms with Gasteiger partial charge in [-0.25, -0.2) is 4.68 Å². The highest BCUT2D eigenvalue weighted by Crippen LogP contribution is 2.29. The Balaban J connectivity index is 1.98. The van der Waals surface area contributed by atoms with Crippen LogP contribution < -0.4 is 4.80 Å². The lowest BCUT2D eigenvalue weighted by atomic mass is 10.1. The Morgan fingerprint density at radius 2 is 1.74 bits per heavy atom. The van der Waals surface area contributed by atoms with Gasteiger partial charge >= 0.3 is 6.18 Å². The van der Waals surface area contributed by atoms with E-state index in [4.69, 9.17) is 0 Å². The minimum Gasteiger partial charge on any atom is -0.258 e. The average Bonchev–Trinajstić information content (AvgIpc) is 3.03. The monoisotopic (exact) mass is 453 g/mol. The van der Waals surface area contributed by atoms with E-state index < -0.39 is 11.7 Å². The number of aromatic nitrogens is 1. The van der Waals surface area contributed by atoms with Crippen LogP contribution in [-0.4, -0.2) is 17.4 Å². The van der Waals surface area contributed by atoms with Crippen LogP contribution in [0.3, 0.4) is 0 Å². The van der Waals surface area contributed by atoms with Crippen LogP contribution >= 0.6 is 27.3 Å². The fourth-order valence-corrected chi connectivity index (χ4v) is 3.52. The zero-order valence-corrected chi connectivity index (χ0v) is 16.6. The van der Waals surface area contributed by atoms with Crippen LogP contribution in [0.25, 0.3) is 11.3 Å². The number of alkyl halides is 3. The highest BCUT2D eigenvalue weighted by molar-refractivity contribution is 9.10. The Hall–Kier alpha value is -2.19. The predicted molar refractivity (Wildman–Crippen MR) is 106 cm³/mol. The smallest absolute Gasteiger partial charge is 0.258 e. The molecule has 0 atom stereocenters. The van der Waals surface area contributed by atoms with E-state index in [1.165, 1.54) is 29.7 Å². The van der Waals surface area contributed by atoms with Crippen molar-refractivity contribution in [3.05, 3.63) is 74.3 Å². The Bertz CT molecular complexity index is 1000. The number of benzene rings is 2. The molecule has 0 unspecified atom stereocenters. The number of rotatable bonds is 4. The van der Waals surface area contributed by atoms with Gasteiger partial charge in [0.25, 0.3) is 0 Å². The van der Waals surface area contributed by atoms with Gasteiger partial charge in [-0.2, -0.15) is 18.3 Å². The third-order valence-electron chi connectivity index (χ3n) is 3.68. The fourth-order valence-electron chi connectivity index (χ4n) is 2.36. The van der Waals surface area contributed by atoms with Gasteiger partial charge in [-0.1, -0.05) is 40.2 Å². The summed E-state index contributed by atoms with van der Waals surface area (Å²) in [5, 5.41) is 6.42. The predicted octanol–water partition coefficient (Wildman–Crippen LogP) is 5.80. The molecule has 0 aliphatic heterocycles. The molecule has 140 valence electrons. The van der Waals surface area contributed by atoms with Gasteiger partial charge in [-0.05, 0) is 36.8 Å². The molecule has 0 saturated heterocycles. The molecule has 3 aromatic rings. The van der Waals surface area contributed by atoms with Crippen LogP contribution in [0.4, 0.5) is 13.2 Å². The molecular weight excluding hydrogens is 439 g/mol. The molecule has 3 nitrogen and oxygen atoms in total. The van der Waals surface area contributed by atoms with E-state index in [1.54, 1.807) is 4.68 Å². The van der Waals surface area contributed by atoms with Gasteiger partial charge in [0.05, 0.1) is 17.5 Å². The van der Waals surface area contributed by atoms with Gasteiger partial charge in [0, 0.05) is 22.0 Å². The topological polar surface area (TPSA) is 29.6 Å². The summed E-state index contributed by atoms with van der Waals surface area (Å²) in [7, 11) is 0. The van der Waals surface area contributed by atoms with E-state index >= 15 is 0 Å². The molecular formula is C19H15BrF3N3S. The number of nitrogens with zero attached hydrogens (tertiary/aromatic N) is 3. The Labute approximate surface area is 166 Å². The van der Waals surface area contributed by atoms with Gasteiger partial charge in [0.2, 0.25) is 4.80 Å². The SMILES string of the molecule is CCN=c1scc(-c2ccc(Br)cc2)n1N=Cc1ccc(C(F)(F)F)cc1. The first kappa shape index (κ1) is 19.6. The quantitative estimate of drug-likeness (QED) is 0.446. The van der Waals surface area contributed by atoms with E-state index in [0.717, 1.165) is 32.7 Å². The van der Waals surface area contributed by atoms with Gasteiger partial charge in [0.1, 0.15) is 0 Å². The van der Waals surface area contributed by atoms with Crippen molar-refractivity contribution >= 4 is 33.5 Å². The van der Waals surface area contributed by atoms with Crippen LogP contribution in [-0.2, 0) is 6.18 Å². The summed E-state index contributed by atoms with van der Waals surface area (Å²) in [5.74, 6) is 0. The van der Waals surface area contributed by atoms with Crippen molar-refractivity contribution in [3.63, 3.8) is 0 Å². The van der Waals surface area contributed by atoms with Crippen molar-refractivity contribution < 1.29 is 13.2 Å². The van der Waals surface area contributed by atoms with Crippen molar-refractivity contribution in [3.8, 4) is 11.3 Å². The second-order valence-electron chi connectivity index (χ2n) is 5.56. The van der Waals surface area contributed by atoms with E-state index in [2.05, 4.69) is 26.0 Å². The van der Waals surface area contributed by atoms with Crippen molar-refractivity contribution in [1.82, 2.24) is 4.68 Å². The largest absolute Gasteiger partial charge is 0.416 e. The summed E-state index contributed by atoms with van der Waals surface area (Å²) in [6.07, 6.45) is -2.82. The van der Waals surface area contributed by atoms with Crippen LogP contribution in [0.1, 0.15) is 18.1 Å². The highest BCUT2D eigenvalue weighted by Gasteiger charge is 2.29. The maximum absolute atomic E-state index is 12.7. The number of halogens is 4. The standard InChI is InChI=1S/C19H15BrF3N3S/c1-2-24-18-26(17(12-27-18)14-5-9-16(20)10-6-14)25-11-13-3-7-15(8-4-13)19(21,22)23/h3-12H,2H2,1H3. The van der Waals surface area contributed by atoms with Crippen molar-refractivity contribution in [2.75, 3.05) is 6.54 Å². The summed E-state index contributed by atoms with van der Waals surface area (Å²) >= 11 is 4.88. The summed E-state index contributed by atoms with van der Waals surface area (Å²) in [4.78, 5) is 5.16. The van der Waals surface area contributed by atoms with Crippen LogP contribution in [0.15, 0.2) is 68.5 Å². The third-order valence-corrected chi connectivity index (χ3v) is 5.06. The molecule has 3 rings (SSSR count). The highest BCUT2D eigenvalue weighted by atomic mass is 79.9. The van der Waals surface area contributed by atoms with Gasteiger partial charge in [-0.15, -0.1) is 11.3 Å². The molecule has 2 aromatic carbocycles. The summed E-state index contributed by atoms with van der Waals surface area (Å²) < 4.78 is 40.7. The van der Waals surface area contributed by atoms with Crippen LogP contribution in [0.2, 0.25) is 0 Å². The molecule has 0 aliphatic rings. The second kappa shape index (κ2) is 8.22. The summed E-state index contributed by atoms with van der Waals surface area (Å²) in [6, 6.07) is 12.7. The van der Waals surface area contributed by atoms with Crippen LogP contribution in [0.5, 0.6) is 0 Å². The van der Waals surface area contributed by atoms with E-state index in [0.29, 0.717) is 12.1 Å². The maximum Gasteiger partial charge on any atom is 0.416 e. The molecule has 0 fully saturated rings. The van der Waals surface area contributed by atoms with Crippen molar-refractivity contribution in [2.24, 2.45) is 10.1 Å². The van der Waals surface area contributed by atoms with E-state index in [9.17, 15) is 13.2 Å². The number of hydrogen-bond acceptors (Lipinski definition) is 3. The van der Waals surface area contributed by atoms with Crippen molar-refractivity contribution in [2.45, 2.75) is 13.1 Å². The first-order valence-electron chi connectivity index (χ1n) is 8.07. The maximum atomic E-state index is 12.7. The van der Waals surface area contributed by atoms with E-state index in [-0.39, 0.29) is 0 Å². The average molecular weight is 454 g/mol. The molecule has 27 heavy (non-hydrogen) atoms. The Kier molecular flexibility index (Phi) is 5.96. The fraction of sp³-hybridized carbons (Fsp3) is 0.158. The zero-order valence-electron chi connectivity index (χ0n) is 14.2. The molecule has 0 radical (unpaired) electrons. The first-order valence-corrected chi connectivity index (χ1v) is 9.74. The molecule has 0 spiro atoms. The molecule has 0 amide bonds. The molecule has 0 aliphatic carbocycles. The van der Waals surface area contributed by atoms with Crippen LogP contribution in [0, 0.1) is 0 Å². The summed E-state index contributed by atoms with van der Waals surface area (Å²) in [6.45, 7) is 2.54. The molecule has 1 heterocycles. The molecule has 0 bridgehead atoms. The lowest BCUT2D eigenvalue weighted by Crippen LogP contribution is -2.12. The molecule has 0 saturated carbocycles. The van der Waals surface area contributed by atoms with Gasteiger partial charge < -0.3 is 0 Å². The minimum atomic E-state index is -4.35. The molecule has 1 aromatic heterocycles. The third kappa shape index (κ3) is 4.75. The van der Waals surface area contributed by atoms with E-state index in [1.807, 2.05) is 36.6 Å². The normalized spacial score (nSPS) is 12.9. The second-order valence-corrected chi connectivity index (χ2v) is 7.31. The number of thiazole rings is 1. The van der Waals surface area contributed by atoms with Crippen molar-refractivity contribution in [1.29, 1.82) is 0 Å². The molecule has 8 heteroatoms. The molecule has 0 N–H and O–H groups in total. The summed E-state index contributed by atoms with van der Waals surface area (Å²) in [5.41, 5.74) is 1.73. The minimum absolute atomic E-state index is 0.575. The van der Waals surface area contributed by atoms with Gasteiger partial charge in [0.15, 0.2) is 0 Å². The lowest BCUT2D eigenvalue weighted by Gasteiger charge is -2.06. The lowest BCUT2D eigenvalue weighted by molar-refractivity contribution is -0.137. The number of hydrogen-bond donors (Lipinski definition) is 0. The Morgan fingerprint density at radius 1 is 1.07 bits per heavy atom. The first-order chi connectivity index (χ1) is 12.9. The Morgan fingerprint density at radius 3 is 2.33 bits per heavy atom. The van der Waals surface area contributed by atoms with Gasteiger partial charge in [-0.3, -0.25) is 4.99 Å².